The first-order valence-electron chi connectivity index (χ1n) is 6.35. The van der Waals surface area contributed by atoms with Crippen molar-refractivity contribution in [3.8, 4) is 5.75 Å². The Kier molecular flexibility index (Phi) is 6.01. The Hall–Kier alpha value is -1.06. The molecule has 0 saturated heterocycles. The predicted octanol–water partition coefficient (Wildman–Crippen LogP) is 2.43. The Bertz CT molecular complexity index is 328. The maximum atomic E-state index is 5.67. The van der Waals surface area contributed by atoms with Gasteiger partial charge in [-0.25, -0.2) is 0 Å². The molecule has 0 spiro atoms. The molecule has 0 amide bonds. The Balaban J connectivity index is 2.98. The summed E-state index contributed by atoms with van der Waals surface area (Å²) >= 11 is 0. The van der Waals surface area contributed by atoms with Gasteiger partial charge in [0, 0.05) is 24.7 Å². The number of likely N-dealkylation sites (N-methyl/N-ethyl adjacent to an activating group) is 1. The zero-order chi connectivity index (χ0) is 12.7. The zero-order valence-electron chi connectivity index (χ0n) is 11.1. The number of nitrogens with zero attached hydrogens (tertiary/aromatic N) is 1. The minimum atomic E-state index is 0.389. The average molecular weight is 236 g/mol. The van der Waals surface area contributed by atoms with Gasteiger partial charge in [-0.15, -0.1) is 0 Å². The van der Waals surface area contributed by atoms with Crippen LogP contribution in [0.3, 0.4) is 0 Å². The van der Waals surface area contributed by atoms with Gasteiger partial charge in [0.15, 0.2) is 0 Å². The second kappa shape index (κ2) is 7.30. The second-order valence-corrected chi connectivity index (χ2v) is 4.08. The molecule has 1 rings (SSSR count). The van der Waals surface area contributed by atoms with Crippen LogP contribution in [0.15, 0.2) is 24.3 Å². The second-order valence-electron chi connectivity index (χ2n) is 4.08. The summed E-state index contributed by atoms with van der Waals surface area (Å²) in [4.78, 5) is 2.40. The monoisotopic (exact) mass is 236 g/mol. The van der Waals surface area contributed by atoms with Gasteiger partial charge in [-0.2, -0.15) is 0 Å². The third-order valence-corrected chi connectivity index (χ3v) is 3.15. The molecular weight excluding hydrogens is 212 g/mol. The van der Waals surface area contributed by atoms with Gasteiger partial charge >= 0.3 is 0 Å². The fourth-order valence-corrected chi connectivity index (χ4v) is 2.32. The molecule has 0 heterocycles. The highest BCUT2D eigenvalue weighted by Crippen LogP contribution is 2.31. The lowest BCUT2D eigenvalue weighted by atomic mass is 10.0. The zero-order valence-corrected chi connectivity index (χ0v) is 11.1. The number of hydrogen-bond acceptors (Lipinski definition) is 3. The van der Waals surface area contributed by atoms with Gasteiger partial charge < -0.3 is 10.5 Å². The van der Waals surface area contributed by atoms with Crippen LogP contribution in [0.2, 0.25) is 0 Å². The average Bonchev–Trinajstić information content (AvgIpc) is 2.39. The van der Waals surface area contributed by atoms with E-state index in [4.69, 9.17) is 10.5 Å². The van der Waals surface area contributed by atoms with E-state index in [1.54, 1.807) is 7.11 Å². The molecule has 0 aliphatic heterocycles. The molecule has 1 atom stereocenters. The molecule has 1 aromatic rings. The van der Waals surface area contributed by atoms with Crippen LogP contribution < -0.4 is 10.5 Å². The fourth-order valence-electron chi connectivity index (χ4n) is 2.32. The minimum Gasteiger partial charge on any atom is -0.496 e. The van der Waals surface area contributed by atoms with Crippen molar-refractivity contribution in [2.24, 2.45) is 5.73 Å². The molecule has 0 saturated carbocycles. The molecule has 1 unspecified atom stereocenters. The SMILES string of the molecule is CCC(c1ccccc1OC)N(CC)CCN. The van der Waals surface area contributed by atoms with Crippen molar-refractivity contribution in [3.05, 3.63) is 29.8 Å². The number of benzene rings is 1. The van der Waals surface area contributed by atoms with Crippen molar-refractivity contribution >= 4 is 0 Å². The highest BCUT2D eigenvalue weighted by atomic mass is 16.5. The highest BCUT2D eigenvalue weighted by molar-refractivity contribution is 5.35. The van der Waals surface area contributed by atoms with Crippen LogP contribution in [-0.4, -0.2) is 31.6 Å². The standard InChI is InChI=1S/C14H24N2O/c1-4-13(16(5-2)11-10-15)12-8-6-7-9-14(12)17-3/h6-9,13H,4-5,10-11,15H2,1-3H3. The molecule has 2 N–H and O–H groups in total. The summed E-state index contributed by atoms with van der Waals surface area (Å²) in [6, 6.07) is 8.63. The summed E-state index contributed by atoms with van der Waals surface area (Å²) < 4.78 is 5.44. The van der Waals surface area contributed by atoms with Crippen LogP contribution in [0.1, 0.15) is 31.9 Å². The van der Waals surface area contributed by atoms with Gasteiger partial charge in [-0.3, -0.25) is 4.90 Å². The Morgan fingerprint density at radius 2 is 2.00 bits per heavy atom. The largest absolute Gasteiger partial charge is 0.496 e. The summed E-state index contributed by atoms with van der Waals surface area (Å²) in [6.45, 7) is 7.00. The predicted molar refractivity (Wildman–Crippen MR) is 72.3 cm³/mol. The van der Waals surface area contributed by atoms with Gasteiger partial charge in [0.2, 0.25) is 0 Å². The van der Waals surface area contributed by atoms with E-state index in [0.29, 0.717) is 12.6 Å². The number of methoxy groups -OCH3 is 1. The third-order valence-electron chi connectivity index (χ3n) is 3.15. The molecule has 0 radical (unpaired) electrons. The van der Waals surface area contributed by atoms with Gasteiger partial charge in [-0.1, -0.05) is 32.0 Å². The molecule has 0 aliphatic carbocycles. The summed E-state index contributed by atoms with van der Waals surface area (Å²) in [5, 5.41) is 0. The van der Waals surface area contributed by atoms with Crippen LogP contribution in [-0.2, 0) is 0 Å². The van der Waals surface area contributed by atoms with Crippen molar-refractivity contribution in [1.29, 1.82) is 0 Å². The van der Waals surface area contributed by atoms with Crippen molar-refractivity contribution in [2.75, 3.05) is 26.7 Å². The van der Waals surface area contributed by atoms with Crippen LogP contribution in [0.25, 0.3) is 0 Å². The third kappa shape index (κ3) is 3.45. The van der Waals surface area contributed by atoms with Crippen LogP contribution in [0.4, 0.5) is 0 Å². The number of ether oxygens (including phenoxy) is 1. The molecule has 3 heteroatoms. The quantitative estimate of drug-likeness (QED) is 0.790. The van der Waals surface area contributed by atoms with E-state index < -0.39 is 0 Å². The lowest BCUT2D eigenvalue weighted by molar-refractivity contribution is 0.204. The number of rotatable bonds is 7. The van der Waals surface area contributed by atoms with Crippen molar-refractivity contribution < 1.29 is 4.74 Å². The molecule has 0 aliphatic rings. The minimum absolute atomic E-state index is 0.389. The summed E-state index contributed by atoms with van der Waals surface area (Å²) in [7, 11) is 1.73. The molecule has 0 aromatic heterocycles. The van der Waals surface area contributed by atoms with E-state index in [9.17, 15) is 0 Å². The lowest BCUT2D eigenvalue weighted by Crippen LogP contribution is -2.33. The molecular formula is C14H24N2O. The van der Waals surface area contributed by atoms with E-state index in [1.165, 1.54) is 5.56 Å². The molecule has 3 nitrogen and oxygen atoms in total. The number of hydrogen-bond donors (Lipinski definition) is 1. The molecule has 96 valence electrons. The first-order chi connectivity index (χ1) is 8.28. The number of nitrogens with two attached hydrogens (primary N) is 1. The topological polar surface area (TPSA) is 38.5 Å². The Morgan fingerprint density at radius 1 is 1.29 bits per heavy atom. The maximum Gasteiger partial charge on any atom is 0.123 e. The fraction of sp³-hybridized carbons (Fsp3) is 0.571. The highest BCUT2D eigenvalue weighted by Gasteiger charge is 2.19. The van der Waals surface area contributed by atoms with Gasteiger partial charge in [-0.05, 0) is 19.0 Å². The van der Waals surface area contributed by atoms with Crippen LogP contribution in [0.5, 0.6) is 5.75 Å². The Labute approximate surface area is 105 Å². The van der Waals surface area contributed by atoms with E-state index >= 15 is 0 Å². The van der Waals surface area contributed by atoms with Gasteiger partial charge in [0.05, 0.1) is 7.11 Å². The first-order valence-corrected chi connectivity index (χ1v) is 6.35. The van der Waals surface area contributed by atoms with Gasteiger partial charge in [0.1, 0.15) is 5.75 Å². The summed E-state index contributed by atoms with van der Waals surface area (Å²) in [5.41, 5.74) is 6.93. The van der Waals surface area contributed by atoms with Crippen molar-refractivity contribution in [2.45, 2.75) is 26.3 Å². The van der Waals surface area contributed by atoms with E-state index in [2.05, 4.69) is 30.9 Å². The summed E-state index contributed by atoms with van der Waals surface area (Å²) in [6.07, 6.45) is 1.06. The first kappa shape index (κ1) is 14.0. The van der Waals surface area contributed by atoms with Crippen LogP contribution >= 0.6 is 0 Å². The van der Waals surface area contributed by atoms with E-state index in [0.717, 1.165) is 25.3 Å². The lowest BCUT2D eigenvalue weighted by Gasteiger charge is -2.30. The van der Waals surface area contributed by atoms with E-state index in [1.807, 2.05) is 12.1 Å². The van der Waals surface area contributed by atoms with Gasteiger partial charge in [0.25, 0.3) is 0 Å². The smallest absolute Gasteiger partial charge is 0.123 e. The number of para-hydroxylation sites is 1. The normalized spacial score (nSPS) is 12.8. The summed E-state index contributed by atoms with van der Waals surface area (Å²) in [5.74, 6) is 0.967. The molecule has 0 bridgehead atoms. The Morgan fingerprint density at radius 3 is 2.53 bits per heavy atom. The van der Waals surface area contributed by atoms with Crippen LogP contribution in [0, 0.1) is 0 Å². The molecule has 17 heavy (non-hydrogen) atoms. The van der Waals surface area contributed by atoms with Crippen molar-refractivity contribution in [3.63, 3.8) is 0 Å². The molecule has 0 fully saturated rings. The maximum absolute atomic E-state index is 5.67. The van der Waals surface area contributed by atoms with Crippen molar-refractivity contribution in [1.82, 2.24) is 4.90 Å². The molecule has 1 aromatic carbocycles. The van der Waals surface area contributed by atoms with E-state index in [-0.39, 0.29) is 0 Å².